The Morgan fingerprint density at radius 3 is 2.62 bits per heavy atom. The maximum absolute atomic E-state index is 12.5. The van der Waals surface area contributed by atoms with E-state index >= 15 is 0 Å². The molecule has 5 heteroatoms. The fraction of sp³-hybridized carbons (Fsp3) is 0.421. The van der Waals surface area contributed by atoms with Gasteiger partial charge in [0.05, 0.1) is 6.10 Å². The molecule has 0 saturated heterocycles. The topological polar surface area (TPSA) is 78.8 Å². The van der Waals surface area contributed by atoms with E-state index in [1.165, 1.54) is 6.07 Å². The second-order valence-electron chi connectivity index (χ2n) is 6.13. The van der Waals surface area contributed by atoms with Gasteiger partial charge in [0.2, 0.25) is 0 Å². The van der Waals surface area contributed by atoms with E-state index in [0.717, 1.165) is 0 Å². The number of carbonyl (C=O) groups is 1. The van der Waals surface area contributed by atoms with Gasteiger partial charge in [-0.3, -0.25) is 0 Å². The van der Waals surface area contributed by atoms with Gasteiger partial charge in [-0.1, -0.05) is 31.2 Å². The molecule has 0 bridgehead atoms. The lowest BCUT2D eigenvalue weighted by Crippen LogP contribution is -2.21. The van der Waals surface area contributed by atoms with Crippen LogP contribution in [0, 0.1) is 5.92 Å². The first-order chi connectivity index (χ1) is 11.4. The molecule has 0 radical (unpaired) electrons. The number of ether oxygens (including phenoxy) is 1. The summed E-state index contributed by atoms with van der Waals surface area (Å²) in [7, 11) is 1.74. The van der Waals surface area contributed by atoms with Gasteiger partial charge in [-0.15, -0.1) is 0 Å². The first-order valence-electron chi connectivity index (χ1n) is 8.19. The number of phenolic OH excluding ortho intramolecular Hbond substituents is 1. The molecular weight excluding hydrogens is 306 g/mol. The SMILES string of the molecule is CNc1cc(O)c2c(c1)/C=C/C[C@H](O)C/C=C/[C@@H](C)[C@H](C)OC2=O. The molecule has 130 valence electrons. The van der Waals surface area contributed by atoms with Gasteiger partial charge in [0.15, 0.2) is 0 Å². The quantitative estimate of drug-likeness (QED) is 0.543. The minimum atomic E-state index is -0.553. The Morgan fingerprint density at radius 2 is 1.92 bits per heavy atom. The van der Waals surface area contributed by atoms with E-state index in [9.17, 15) is 15.0 Å². The van der Waals surface area contributed by atoms with E-state index in [0.29, 0.717) is 24.1 Å². The number of benzene rings is 1. The van der Waals surface area contributed by atoms with Crippen LogP contribution in [-0.4, -0.2) is 35.4 Å². The number of aliphatic hydroxyl groups excluding tert-OH is 1. The number of carbonyl (C=O) groups excluding carboxylic acids is 1. The Labute approximate surface area is 142 Å². The van der Waals surface area contributed by atoms with Crippen molar-refractivity contribution in [2.24, 2.45) is 5.92 Å². The molecule has 1 aromatic carbocycles. The van der Waals surface area contributed by atoms with Crippen molar-refractivity contribution in [2.75, 3.05) is 12.4 Å². The number of phenols is 1. The Balaban J connectivity index is 2.46. The second-order valence-corrected chi connectivity index (χ2v) is 6.13. The number of hydrogen-bond acceptors (Lipinski definition) is 5. The van der Waals surface area contributed by atoms with E-state index in [1.807, 2.05) is 26.0 Å². The molecule has 0 saturated carbocycles. The van der Waals surface area contributed by atoms with Gasteiger partial charge < -0.3 is 20.3 Å². The fourth-order valence-electron chi connectivity index (χ4n) is 2.54. The summed E-state index contributed by atoms with van der Waals surface area (Å²) in [5.41, 5.74) is 1.39. The summed E-state index contributed by atoms with van der Waals surface area (Å²) in [6.07, 6.45) is 7.57. The highest BCUT2D eigenvalue weighted by atomic mass is 16.5. The molecule has 1 heterocycles. The van der Waals surface area contributed by atoms with Crippen LogP contribution in [-0.2, 0) is 4.74 Å². The number of nitrogens with one attached hydrogen (secondary N) is 1. The number of aromatic hydroxyl groups is 1. The average Bonchev–Trinajstić information content (AvgIpc) is 2.53. The van der Waals surface area contributed by atoms with Crippen molar-refractivity contribution >= 4 is 17.7 Å². The summed E-state index contributed by atoms with van der Waals surface area (Å²) in [5, 5.41) is 23.2. The molecule has 0 aromatic heterocycles. The molecule has 1 aliphatic heterocycles. The van der Waals surface area contributed by atoms with Crippen LogP contribution in [0.3, 0.4) is 0 Å². The van der Waals surface area contributed by atoms with Crippen molar-refractivity contribution in [3.63, 3.8) is 0 Å². The monoisotopic (exact) mass is 331 g/mol. The van der Waals surface area contributed by atoms with Crippen LogP contribution < -0.4 is 5.32 Å². The summed E-state index contributed by atoms with van der Waals surface area (Å²) in [5.74, 6) is -0.670. The van der Waals surface area contributed by atoms with Crippen LogP contribution in [0.1, 0.15) is 42.6 Å². The summed E-state index contributed by atoms with van der Waals surface area (Å²) < 4.78 is 5.52. The zero-order valence-electron chi connectivity index (χ0n) is 14.3. The first-order valence-corrected chi connectivity index (χ1v) is 8.19. The zero-order chi connectivity index (χ0) is 17.7. The molecule has 3 N–H and O–H groups in total. The lowest BCUT2D eigenvalue weighted by atomic mass is 10.0. The normalized spacial score (nSPS) is 27.7. The highest BCUT2D eigenvalue weighted by Gasteiger charge is 2.22. The predicted octanol–water partition coefficient (Wildman–Crippen LogP) is 3.34. The Hall–Kier alpha value is -2.27. The van der Waals surface area contributed by atoms with Crippen LogP contribution in [0.25, 0.3) is 6.08 Å². The van der Waals surface area contributed by atoms with E-state index < -0.39 is 12.1 Å². The third-order valence-electron chi connectivity index (χ3n) is 4.23. The van der Waals surface area contributed by atoms with E-state index in [-0.39, 0.29) is 23.3 Å². The van der Waals surface area contributed by atoms with Crippen LogP contribution >= 0.6 is 0 Å². The number of anilines is 1. The largest absolute Gasteiger partial charge is 0.507 e. The Morgan fingerprint density at radius 1 is 1.21 bits per heavy atom. The molecule has 5 nitrogen and oxygen atoms in total. The van der Waals surface area contributed by atoms with Gasteiger partial charge in [0.1, 0.15) is 17.4 Å². The molecule has 3 atom stereocenters. The van der Waals surface area contributed by atoms with E-state index in [1.54, 1.807) is 25.3 Å². The Bertz CT molecular complexity index is 651. The standard InChI is InChI=1S/C19H25NO4/c1-12-6-4-8-16(21)9-5-7-14-10-15(20-3)11-17(22)18(14)19(23)24-13(12)2/h4-7,10-13,16,20-22H,8-9H2,1-3H3/b6-4+,7-5+/t12-,13+,16-/m1/s1. The average molecular weight is 331 g/mol. The minimum absolute atomic E-state index is 0.0111. The molecule has 0 unspecified atom stereocenters. The van der Waals surface area contributed by atoms with Gasteiger partial charge in [0.25, 0.3) is 0 Å². The number of cyclic esters (lactones) is 1. The maximum Gasteiger partial charge on any atom is 0.342 e. The van der Waals surface area contributed by atoms with Gasteiger partial charge in [-0.2, -0.15) is 0 Å². The molecule has 1 aliphatic rings. The highest BCUT2D eigenvalue weighted by molar-refractivity contribution is 5.97. The molecule has 0 aliphatic carbocycles. The Kier molecular flexibility index (Phi) is 6.04. The van der Waals surface area contributed by atoms with Crippen molar-refractivity contribution in [1.82, 2.24) is 0 Å². The number of fused-ring (bicyclic) bond motifs is 1. The van der Waals surface area contributed by atoms with Gasteiger partial charge in [-0.05, 0) is 31.4 Å². The lowest BCUT2D eigenvalue weighted by molar-refractivity contribution is 0.0262. The van der Waals surface area contributed by atoms with Gasteiger partial charge >= 0.3 is 5.97 Å². The molecule has 0 spiro atoms. The summed E-state index contributed by atoms with van der Waals surface area (Å²) in [4.78, 5) is 12.5. The molecule has 1 aromatic rings. The van der Waals surface area contributed by atoms with Crippen LogP contribution in [0.2, 0.25) is 0 Å². The molecular formula is C19H25NO4. The number of esters is 1. The minimum Gasteiger partial charge on any atom is -0.507 e. The van der Waals surface area contributed by atoms with Crippen LogP contribution in [0.5, 0.6) is 5.75 Å². The van der Waals surface area contributed by atoms with Crippen LogP contribution in [0.4, 0.5) is 5.69 Å². The number of rotatable bonds is 1. The highest BCUT2D eigenvalue weighted by Crippen LogP contribution is 2.29. The van der Waals surface area contributed by atoms with E-state index in [4.69, 9.17) is 4.74 Å². The smallest absolute Gasteiger partial charge is 0.342 e. The maximum atomic E-state index is 12.5. The van der Waals surface area contributed by atoms with E-state index in [2.05, 4.69) is 5.32 Å². The number of hydrogen-bond donors (Lipinski definition) is 3. The number of aliphatic hydroxyl groups is 1. The zero-order valence-corrected chi connectivity index (χ0v) is 14.3. The summed E-state index contributed by atoms with van der Waals surface area (Å²) in [6.45, 7) is 3.76. The fourth-order valence-corrected chi connectivity index (χ4v) is 2.54. The third-order valence-corrected chi connectivity index (χ3v) is 4.23. The summed E-state index contributed by atoms with van der Waals surface area (Å²) in [6, 6.07) is 3.26. The van der Waals surface area contributed by atoms with Crippen molar-refractivity contribution < 1.29 is 19.7 Å². The van der Waals surface area contributed by atoms with Crippen molar-refractivity contribution in [3.05, 3.63) is 41.5 Å². The third kappa shape index (κ3) is 4.38. The van der Waals surface area contributed by atoms with Gasteiger partial charge in [0, 0.05) is 24.7 Å². The predicted molar refractivity (Wildman–Crippen MR) is 95.1 cm³/mol. The van der Waals surface area contributed by atoms with Crippen molar-refractivity contribution in [3.8, 4) is 5.75 Å². The van der Waals surface area contributed by atoms with Crippen molar-refractivity contribution in [1.29, 1.82) is 0 Å². The summed E-state index contributed by atoms with van der Waals surface area (Å²) >= 11 is 0. The molecule has 0 amide bonds. The first kappa shape index (κ1) is 18.1. The molecule has 0 fully saturated rings. The lowest BCUT2D eigenvalue weighted by Gasteiger charge is -2.19. The van der Waals surface area contributed by atoms with Gasteiger partial charge in [-0.25, -0.2) is 4.79 Å². The van der Waals surface area contributed by atoms with Crippen molar-refractivity contribution in [2.45, 2.75) is 38.9 Å². The molecule has 24 heavy (non-hydrogen) atoms. The second kappa shape index (κ2) is 8.02. The van der Waals surface area contributed by atoms with Crippen LogP contribution in [0.15, 0.2) is 30.4 Å². The molecule has 2 rings (SSSR count).